The molecule has 0 aliphatic carbocycles. The van der Waals surface area contributed by atoms with Crippen molar-refractivity contribution in [2.75, 3.05) is 0 Å². The first-order valence-corrected chi connectivity index (χ1v) is 5.69. The number of para-hydroxylation sites is 1. The molecule has 1 aromatic heterocycles. The number of fused-ring (bicyclic) bond motifs is 1. The predicted molar refractivity (Wildman–Crippen MR) is 66.3 cm³/mol. The molecule has 84 valence electrons. The van der Waals surface area contributed by atoms with Gasteiger partial charge in [0.15, 0.2) is 0 Å². The molecule has 0 saturated heterocycles. The van der Waals surface area contributed by atoms with E-state index < -0.39 is 0 Å². The standard InChI is InChI=1S/C14H17NO/c1-10(11(2)16)9-13-6-3-5-12-7-4-8-15-14(12)13/h3-8,10-11,16H,9H2,1-2H3. The second-order valence-corrected chi connectivity index (χ2v) is 4.41. The van der Waals surface area contributed by atoms with E-state index in [-0.39, 0.29) is 12.0 Å². The fourth-order valence-electron chi connectivity index (χ4n) is 1.85. The molecule has 2 heteroatoms. The maximum absolute atomic E-state index is 9.53. The highest BCUT2D eigenvalue weighted by Crippen LogP contribution is 2.20. The molecule has 0 spiro atoms. The van der Waals surface area contributed by atoms with Crippen LogP contribution in [-0.4, -0.2) is 16.2 Å². The van der Waals surface area contributed by atoms with Gasteiger partial charge >= 0.3 is 0 Å². The Morgan fingerprint density at radius 2 is 1.94 bits per heavy atom. The molecule has 2 aromatic rings. The van der Waals surface area contributed by atoms with Crippen LogP contribution in [0.15, 0.2) is 36.5 Å². The minimum absolute atomic E-state index is 0.257. The van der Waals surface area contributed by atoms with Gasteiger partial charge in [0, 0.05) is 11.6 Å². The Labute approximate surface area is 96.0 Å². The number of pyridine rings is 1. The smallest absolute Gasteiger partial charge is 0.0734 e. The molecule has 0 bridgehead atoms. The van der Waals surface area contributed by atoms with Gasteiger partial charge in [0.25, 0.3) is 0 Å². The third-order valence-corrected chi connectivity index (χ3v) is 3.08. The average Bonchev–Trinajstić information content (AvgIpc) is 2.29. The third kappa shape index (κ3) is 2.22. The lowest BCUT2D eigenvalue weighted by Crippen LogP contribution is -2.15. The molecule has 0 aliphatic rings. The molecule has 0 aliphatic heterocycles. The van der Waals surface area contributed by atoms with Crippen LogP contribution in [-0.2, 0) is 6.42 Å². The summed E-state index contributed by atoms with van der Waals surface area (Å²) >= 11 is 0. The summed E-state index contributed by atoms with van der Waals surface area (Å²) in [5, 5.41) is 10.7. The second-order valence-electron chi connectivity index (χ2n) is 4.41. The van der Waals surface area contributed by atoms with E-state index in [4.69, 9.17) is 0 Å². The van der Waals surface area contributed by atoms with Gasteiger partial charge in [-0.05, 0) is 30.9 Å². The van der Waals surface area contributed by atoms with Crippen molar-refractivity contribution in [1.82, 2.24) is 4.98 Å². The van der Waals surface area contributed by atoms with Gasteiger partial charge in [-0.2, -0.15) is 0 Å². The first kappa shape index (κ1) is 11.1. The summed E-state index contributed by atoms with van der Waals surface area (Å²) in [6, 6.07) is 10.2. The fourth-order valence-corrected chi connectivity index (χ4v) is 1.85. The molecule has 1 aromatic carbocycles. The van der Waals surface area contributed by atoms with Crippen LogP contribution in [0.2, 0.25) is 0 Å². The molecule has 2 nitrogen and oxygen atoms in total. The summed E-state index contributed by atoms with van der Waals surface area (Å²) in [6.45, 7) is 3.90. The molecule has 2 unspecified atom stereocenters. The number of benzene rings is 1. The van der Waals surface area contributed by atoms with Gasteiger partial charge in [-0.3, -0.25) is 4.98 Å². The van der Waals surface area contributed by atoms with Crippen molar-refractivity contribution >= 4 is 10.9 Å². The van der Waals surface area contributed by atoms with Crippen molar-refractivity contribution < 1.29 is 5.11 Å². The lowest BCUT2D eigenvalue weighted by molar-refractivity contribution is 0.135. The molecule has 16 heavy (non-hydrogen) atoms. The number of nitrogens with zero attached hydrogens (tertiary/aromatic N) is 1. The van der Waals surface area contributed by atoms with E-state index in [2.05, 4.69) is 30.1 Å². The van der Waals surface area contributed by atoms with Crippen LogP contribution in [0.5, 0.6) is 0 Å². The minimum Gasteiger partial charge on any atom is -0.393 e. The zero-order chi connectivity index (χ0) is 11.5. The van der Waals surface area contributed by atoms with Crippen molar-refractivity contribution in [2.24, 2.45) is 5.92 Å². The van der Waals surface area contributed by atoms with Gasteiger partial charge in [-0.25, -0.2) is 0 Å². The number of aliphatic hydroxyl groups is 1. The number of hydrogen-bond donors (Lipinski definition) is 1. The number of rotatable bonds is 3. The van der Waals surface area contributed by atoms with Gasteiger partial charge in [-0.1, -0.05) is 31.2 Å². The Balaban J connectivity index is 2.37. The van der Waals surface area contributed by atoms with Crippen LogP contribution in [0.1, 0.15) is 19.4 Å². The van der Waals surface area contributed by atoms with Gasteiger partial charge in [0.2, 0.25) is 0 Å². The molecule has 1 heterocycles. The highest BCUT2D eigenvalue weighted by atomic mass is 16.3. The molecule has 0 radical (unpaired) electrons. The summed E-state index contributed by atoms with van der Waals surface area (Å²) in [7, 11) is 0. The molecular formula is C14H17NO. The largest absolute Gasteiger partial charge is 0.393 e. The predicted octanol–water partition coefficient (Wildman–Crippen LogP) is 2.79. The van der Waals surface area contributed by atoms with E-state index in [1.807, 2.05) is 25.3 Å². The minimum atomic E-state index is -0.279. The van der Waals surface area contributed by atoms with E-state index in [1.54, 1.807) is 0 Å². The zero-order valence-electron chi connectivity index (χ0n) is 9.72. The van der Waals surface area contributed by atoms with Crippen molar-refractivity contribution in [3.8, 4) is 0 Å². The second kappa shape index (κ2) is 4.62. The van der Waals surface area contributed by atoms with Crippen LogP contribution in [0.4, 0.5) is 0 Å². The Bertz CT molecular complexity index is 474. The molecule has 1 N–H and O–H groups in total. The van der Waals surface area contributed by atoms with E-state index in [9.17, 15) is 5.11 Å². The van der Waals surface area contributed by atoms with Crippen molar-refractivity contribution in [3.05, 3.63) is 42.1 Å². The average molecular weight is 215 g/mol. The van der Waals surface area contributed by atoms with Gasteiger partial charge in [0.1, 0.15) is 0 Å². The normalized spacial score (nSPS) is 14.9. The van der Waals surface area contributed by atoms with E-state index in [1.165, 1.54) is 5.56 Å². The van der Waals surface area contributed by atoms with E-state index >= 15 is 0 Å². The van der Waals surface area contributed by atoms with Crippen LogP contribution in [0, 0.1) is 5.92 Å². The van der Waals surface area contributed by atoms with Crippen molar-refractivity contribution in [1.29, 1.82) is 0 Å². The van der Waals surface area contributed by atoms with Crippen molar-refractivity contribution in [3.63, 3.8) is 0 Å². The first-order valence-electron chi connectivity index (χ1n) is 5.69. The first-order chi connectivity index (χ1) is 7.68. The fraction of sp³-hybridized carbons (Fsp3) is 0.357. The zero-order valence-corrected chi connectivity index (χ0v) is 9.72. The van der Waals surface area contributed by atoms with Crippen LogP contribution < -0.4 is 0 Å². The molecule has 0 amide bonds. The van der Waals surface area contributed by atoms with Crippen LogP contribution in [0.3, 0.4) is 0 Å². The Morgan fingerprint density at radius 1 is 1.19 bits per heavy atom. The van der Waals surface area contributed by atoms with Gasteiger partial charge in [-0.15, -0.1) is 0 Å². The number of hydrogen-bond acceptors (Lipinski definition) is 2. The maximum atomic E-state index is 9.53. The maximum Gasteiger partial charge on any atom is 0.0734 e. The number of aromatic nitrogens is 1. The molecule has 2 rings (SSSR count). The molecule has 0 saturated carbocycles. The summed E-state index contributed by atoms with van der Waals surface area (Å²) < 4.78 is 0. The third-order valence-electron chi connectivity index (χ3n) is 3.08. The van der Waals surface area contributed by atoms with Crippen molar-refractivity contribution in [2.45, 2.75) is 26.4 Å². The van der Waals surface area contributed by atoms with E-state index in [0.717, 1.165) is 17.3 Å². The van der Waals surface area contributed by atoms with Crippen LogP contribution in [0.25, 0.3) is 10.9 Å². The summed E-state index contributed by atoms with van der Waals surface area (Å²) in [6.07, 6.45) is 2.41. The summed E-state index contributed by atoms with van der Waals surface area (Å²) in [4.78, 5) is 4.41. The highest BCUT2D eigenvalue weighted by molar-refractivity contribution is 5.81. The van der Waals surface area contributed by atoms with Crippen LogP contribution >= 0.6 is 0 Å². The summed E-state index contributed by atoms with van der Waals surface area (Å²) in [5.41, 5.74) is 2.27. The molecule has 0 fully saturated rings. The lowest BCUT2D eigenvalue weighted by atomic mass is 9.95. The highest BCUT2D eigenvalue weighted by Gasteiger charge is 2.11. The Hall–Kier alpha value is -1.41. The van der Waals surface area contributed by atoms with Gasteiger partial charge in [0.05, 0.1) is 11.6 Å². The van der Waals surface area contributed by atoms with Gasteiger partial charge < -0.3 is 5.11 Å². The molecule has 2 atom stereocenters. The quantitative estimate of drug-likeness (QED) is 0.854. The Kier molecular flexibility index (Phi) is 3.20. The van der Waals surface area contributed by atoms with E-state index in [0.29, 0.717) is 0 Å². The number of aliphatic hydroxyl groups excluding tert-OH is 1. The lowest BCUT2D eigenvalue weighted by Gasteiger charge is -2.15. The summed E-state index contributed by atoms with van der Waals surface area (Å²) in [5.74, 6) is 0.257. The topological polar surface area (TPSA) is 33.1 Å². The monoisotopic (exact) mass is 215 g/mol. The SMILES string of the molecule is CC(O)C(C)Cc1cccc2cccnc12. The molecular weight excluding hydrogens is 198 g/mol. The Morgan fingerprint density at radius 3 is 2.69 bits per heavy atom.